The Morgan fingerprint density at radius 2 is 1.89 bits per heavy atom. The normalized spacial score (nSPS) is 12.6. The van der Waals surface area contributed by atoms with Crippen LogP contribution in [-0.4, -0.2) is 29.3 Å². The van der Waals surface area contributed by atoms with Crippen molar-refractivity contribution in [3.63, 3.8) is 0 Å². The Balaban J connectivity index is 2.91. The third-order valence-corrected chi connectivity index (χ3v) is 2.38. The van der Waals surface area contributed by atoms with Gasteiger partial charge in [-0.1, -0.05) is 12.1 Å². The number of hydrogen-bond acceptors (Lipinski definition) is 5. The Bertz CT molecular complexity index is 492. The highest BCUT2D eigenvalue weighted by molar-refractivity contribution is 5.83. The molecule has 3 N–H and O–H groups in total. The highest BCUT2D eigenvalue weighted by atomic mass is 16.5. The monoisotopic (exact) mass is 265 g/mol. The lowest BCUT2D eigenvalue weighted by molar-refractivity contribution is -0.139. The van der Waals surface area contributed by atoms with Crippen LogP contribution in [0.5, 0.6) is 5.75 Å². The summed E-state index contributed by atoms with van der Waals surface area (Å²) in [6.07, 6.45) is 1.16. The van der Waals surface area contributed by atoms with Crippen molar-refractivity contribution >= 4 is 11.9 Å². The molecule has 0 radical (unpaired) electrons. The molecule has 0 heterocycles. The number of esters is 1. The zero-order valence-electron chi connectivity index (χ0n) is 10.6. The van der Waals surface area contributed by atoms with Crippen LogP contribution in [0.1, 0.15) is 18.5 Å². The van der Waals surface area contributed by atoms with E-state index >= 15 is 0 Å². The molecule has 0 amide bonds. The van der Waals surface area contributed by atoms with Gasteiger partial charge >= 0.3 is 11.9 Å². The first-order chi connectivity index (χ1) is 8.93. The van der Waals surface area contributed by atoms with Crippen LogP contribution < -0.4 is 5.32 Å². The highest BCUT2D eigenvalue weighted by Crippen LogP contribution is 2.18. The molecule has 0 unspecified atom stereocenters. The molecule has 19 heavy (non-hydrogen) atoms. The number of carbonyl (C=O) groups excluding carboxylic acids is 1. The first-order valence-electron chi connectivity index (χ1n) is 5.48. The number of carboxylic acids is 1. The van der Waals surface area contributed by atoms with Gasteiger partial charge in [-0.2, -0.15) is 0 Å². The van der Waals surface area contributed by atoms with Gasteiger partial charge in [0.15, 0.2) is 0 Å². The summed E-state index contributed by atoms with van der Waals surface area (Å²) in [5.74, 6) is -1.61. The summed E-state index contributed by atoms with van der Waals surface area (Å²) in [5, 5.41) is 21.0. The van der Waals surface area contributed by atoms with Crippen LogP contribution in [0.2, 0.25) is 0 Å². The molecule has 0 aromatic heterocycles. The van der Waals surface area contributed by atoms with E-state index in [0.717, 1.165) is 6.08 Å². The quantitative estimate of drug-likeness (QED) is 0.546. The maximum atomic E-state index is 11.2. The van der Waals surface area contributed by atoms with E-state index in [1.807, 2.05) is 0 Å². The van der Waals surface area contributed by atoms with Gasteiger partial charge in [0, 0.05) is 11.8 Å². The van der Waals surface area contributed by atoms with Gasteiger partial charge in [-0.3, -0.25) is 0 Å². The number of aliphatic carboxylic acids is 1. The van der Waals surface area contributed by atoms with Crippen molar-refractivity contribution in [2.45, 2.75) is 13.0 Å². The molecule has 6 heteroatoms. The summed E-state index contributed by atoms with van der Waals surface area (Å²) in [7, 11) is 1.24. The highest BCUT2D eigenvalue weighted by Gasteiger charge is 2.19. The fourth-order valence-electron chi connectivity index (χ4n) is 1.46. The third-order valence-electron chi connectivity index (χ3n) is 2.38. The van der Waals surface area contributed by atoms with Crippen LogP contribution in [0.4, 0.5) is 0 Å². The molecule has 0 fully saturated rings. The summed E-state index contributed by atoms with van der Waals surface area (Å²) >= 11 is 0. The standard InChI is InChI=1S/C13H15NO5/c1-8(7-11(16)19-2)14-12(13(17)18)9-3-5-10(15)6-4-9/h3-7,12,14-15H,1-2H3,(H,17,18)/b8-7-/t12-/m1/s1. The number of hydrogen-bond donors (Lipinski definition) is 3. The van der Waals surface area contributed by atoms with Crippen LogP contribution in [0, 0.1) is 0 Å². The summed E-state index contributed by atoms with van der Waals surface area (Å²) in [6, 6.07) is 4.76. The van der Waals surface area contributed by atoms with Crippen LogP contribution in [0.3, 0.4) is 0 Å². The number of carbonyl (C=O) groups is 2. The van der Waals surface area contributed by atoms with Crippen molar-refractivity contribution in [1.29, 1.82) is 0 Å². The van der Waals surface area contributed by atoms with Gasteiger partial charge in [0.05, 0.1) is 7.11 Å². The predicted molar refractivity (Wildman–Crippen MR) is 67.4 cm³/mol. The van der Waals surface area contributed by atoms with E-state index in [-0.39, 0.29) is 5.75 Å². The van der Waals surface area contributed by atoms with E-state index in [0.29, 0.717) is 11.3 Å². The van der Waals surface area contributed by atoms with Crippen LogP contribution in [0.15, 0.2) is 36.0 Å². The Kier molecular flexibility index (Phi) is 4.93. The molecule has 1 aromatic rings. The average Bonchev–Trinajstić information content (AvgIpc) is 2.36. The molecule has 0 bridgehead atoms. The molecule has 0 spiro atoms. The first-order valence-corrected chi connectivity index (χ1v) is 5.48. The minimum atomic E-state index is -1.09. The van der Waals surface area contributed by atoms with Gasteiger partial charge in [0.25, 0.3) is 0 Å². The Hall–Kier alpha value is -2.50. The lowest BCUT2D eigenvalue weighted by atomic mass is 10.1. The van der Waals surface area contributed by atoms with Crippen LogP contribution in [0.25, 0.3) is 0 Å². The molecule has 0 saturated heterocycles. The number of methoxy groups -OCH3 is 1. The number of rotatable bonds is 5. The smallest absolute Gasteiger partial charge is 0.332 e. The summed E-state index contributed by atoms with van der Waals surface area (Å²) < 4.78 is 4.45. The summed E-state index contributed by atoms with van der Waals surface area (Å²) in [5.41, 5.74) is 0.829. The van der Waals surface area contributed by atoms with E-state index in [2.05, 4.69) is 10.1 Å². The third kappa shape index (κ3) is 4.34. The van der Waals surface area contributed by atoms with E-state index < -0.39 is 18.0 Å². The first kappa shape index (κ1) is 14.6. The van der Waals surface area contributed by atoms with Crippen molar-refractivity contribution in [2.24, 2.45) is 0 Å². The van der Waals surface area contributed by atoms with Crippen molar-refractivity contribution in [3.05, 3.63) is 41.6 Å². The van der Waals surface area contributed by atoms with E-state index in [9.17, 15) is 9.59 Å². The molecule has 0 aliphatic carbocycles. The van der Waals surface area contributed by atoms with Crippen molar-refractivity contribution in [2.75, 3.05) is 7.11 Å². The lowest BCUT2D eigenvalue weighted by Gasteiger charge is -2.16. The molecule has 0 aliphatic heterocycles. The predicted octanol–water partition coefficient (Wildman–Crippen LogP) is 1.18. The molecular weight excluding hydrogens is 250 g/mol. The van der Waals surface area contributed by atoms with Gasteiger partial charge in [0.1, 0.15) is 11.8 Å². The number of phenolic OH excluding ortho intramolecular Hbond substituents is 1. The number of benzene rings is 1. The minimum Gasteiger partial charge on any atom is -0.508 e. The second-order valence-corrected chi connectivity index (χ2v) is 3.86. The topological polar surface area (TPSA) is 95.9 Å². The zero-order valence-corrected chi connectivity index (χ0v) is 10.6. The second kappa shape index (κ2) is 6.44. The Labute approximate surface area is 110 Å². The molecule has 1 atom stereocenters. The molecule has 0 saturated carbocycles. The molecular formula is C13H15NO5. The molecule has 1 aromatic carbocycles. The van der Waals surface area contributed by atoms with Gasteiger partial charge < -0.3 is 20.3 Å². The van der Waals surface area contributed by atoms with Gasteiger partial charge in [0.2, 0.25) is 0 Å². The summed E-state index contributed by atoms with van der Waals surface area (Å²) in [4.78, 5) is 22.2. The van der Waals surface area contributed by atoms with Crippen molar-refractivity contribution in [3.8, 4) is 5.75 Å². The molecule has 102 valence electrons. The van der Waals surface area contributed by atoms with Gasteiger partial charge in [-0.25, -0.2) is 9.59 Å². The van der Waals surface area contributed by atoms with Crippen molar-refractivity contribution < 1.29 is 24.5 Å². The molecule has 1 rings (SSSR count). The maximum Gasteiger partial charge on any atom is 0.332 e. The van der Waals surface area contributed by atoms with Crippen molar-refractivity contribution in [1.82, 2.24) is 5.32 Å². The zero-order chi connectivity index (χ0) is 14.4. The lowest BCUT2D eigenvalue weighted by Crippen LogP contribution is -2.27. The molecule has 6 nitrogen and oxygen atoms in total. The number of aromatic hydroxyl groups is 1. The number of phenols is 1. The fraction of sp³-hybridized carbons (Fsp3) is 0.231. The van der Waals surface area contributed by atoms with Gasteiger partial charge in [-0.05, 0) is 24.6 Å². The Morgan fingerprint density at radius 3 is 2.37 bits per heavy atom. The minimum absolute atomic E-state index is 0.0507. The largest absolute Gasteiger partial charge is 0.508 e. The number of allylic oxidation sites excluding steroid dienone is 1. The average molecular weight is 265 g/mol. The van der Waals surface area contributed by atoms with Crippen LogP contribution in [-0.2, 0) is 14.3 Å². The number of ether oxygens (including phenoxy) is 1. The second-order valence-electron chi connectivity index (χ2n) is 3.86. The van der Waals surface area contributed by atoms with Gasteiger partial charge in [-0.15, -0.1) is 0 Å². The Morgan fingerprint density at radius 1 is 1.32 bits per heavy atom. The maximum absolute atomic E-state index is 11.2. The summed E-state index contributed by atoms with van der Waals surface area (Å²) in [6.45, 7) is 1.56. The van der Waals surface area contributed by atoms with E-state index in [4.69, 9.17) is 10.2 Å². The number of nitrogens with one attached hydrogen (secondary N) is 1. The van der Waals surface area contributed by atoms with Crippen LogP contribution >= 0.6 is 0 Å². The van der Waals surface area contributed by atoms with E-state index in [1.165, 1.54) is 31.4 Å². The van der Waals surface area contributed by atoms with E-state index in [1.54, 1.807) is 6.92 Å². The number of carboxylic acid groups (broad SMARTS) is 1. The molecule has 0 aliphatic rings. The SMILES string of the molecule is COC(=O)/C=C(/C)N[C@@H](C(=O)O)c1ccc(O)cc1. The fourth-order valence-corrected chi connectivity index (χ4v) is 1.46.